The van der Waals surface area contributed by atoms with E-state index in [1.807, 2.05) is 6.26 Å². The van der Waals surface area contributed by atoms with Gasteiger partial charge in [-0.15, -0.1) is 0 Å². The van der Waals surface area contributed by atoms with Gasteiger partial charge in [-0.25, -0.2) is 4.98 Å². The van der Waals surface area contributed by atoms with Crippen molar-refractivity contribution in [2.75, 3.05) is 36.2 Å². The summed E-state index contributed by atoms with van der Waals surface area (Å²) in [7, 11) is 1.67. The SMILES string of the molecule is CNc1ncc([N+](=O)[O-])c(NCCCSC)n1. The molecule has 0 aliphatic carbocycles. The van der Waals surface area contributed by atoms with E-state index in [1.54, 1.807) is 18.8 Å². The summed E-state index contributed by atoms with van der Waals surface area (Å²) < 4.78 is 0. The van der Waals surface area contributed by atoms with Crippen LogP contribution in [0, 0.1) is 10.1 Å². The lowest BCUT2D eigenvalue weighted by Gasteiger charge is -2.06. The first-order valence-electron chi connectivity index (χ1n) is 5.11. The summed E-state index contributed by atoms with van der Waals surface area (Å²) in [5.41, 5.74) is -0.104. The van der Waals surface area contributed by atoms with Crippen LogP contribution in [0.15, 0.2) is 6.20 Å². The van der Waals surface area contributed by atoms with Gasteiger partial charge in [0, 0.05) is 13.6 Å². The summed E-state index contributed by atoms with van der Waals surface area (Å²) in [6.07, 6.45) is 4.15. The number of nitrogens with zero attached hydrogens (tertiary/aromatic N) is 3. The van der Waals surface area contributed by atoms with E-state index in [2.05, 4.69) is 20.6 Å². The van der Waals surface area contributed by atoms with E-state index in [0.717, 1.165) is 12.2 Å². The molecule has 0 spiro atoms. The largest absolute Gasteiger partial charge is 0.364 e. The summed E-state index contributed by atoms with van der Waals surface area (Å²) in [6, 6.07) is 0. The van der Waals surface area contributed by atoms with Gasteiger partial charge in [-0.2, -0.15) is 16.7 Å². The molecule has 7 nitrogen and oxygen atoms in total. The molecule has 94 valence electrons. The van der Waals surface area contributed by atoms with Crippen molar-refractivity contribution in [1.29, 1.82) is 0 Å². The Labute approximate surface area is 104 Å². The Morgan fingerprint density at radius 2 is 2.35 bits per heavy atom. The maximum atomic E-state index is 10.8. The van der Waals surface area contributed by atoms with Gasteiger partial charge in [-0.05, 0) is 18.4 Å². The molecule has 17 heavy (non-hydrogen) atoms. The molecule has 1 aromatic rings. The number of rotatable bonds is 7. The molecule has 8 heteroatoms. The Morgan fingerprint density at radius 3 is 2.94 bits per heavy atom. The summed E-state index contributed by atoms with van der Waals surface area (Å²) in [4.78, 5) is 18.1. The first-order chi connectivity index (χ1) is 8.19. The highest BCUT2D eigenvalue weighted by molar-refractivity contribution is 7.98. The van der Waals surface area contributed by atoms with E-state index >= 15 is 0 Å². The monoisotopic (exact) mass is 257 g/mol. The van der Waals surface area contributed by atoms with Crippen molar-refractivity contribution in [2.45, 2.75) is 6.42 Å². The molecular formula is C9H15N5O2S. The number of aromatic nitrogens is 2. The molecule has 0 aliphatic heterocycles. The molecule has 0 bridgehead atoms. The second-order valence-corrected chi connectivity index (χ2v) is 4.19. The van der Waals surface area contributed by atoms with Crippen molar-refractivity contribution in [3.8, 4) is 0 Å². The van der Waals surface area contributed by atoms with Gasteiger partial charge >= 0.3 is 5.69 Å². The van der Waals surface area contributed by atoms with Crippen molar-refractivity contribution in [2.24, 2.45) is 0 Å². The van der Waals surface area contributed by atoms with Crippen LogP contribution in [-0.4, -0.2) is 40.5 Å². The first-order valence-corrected chi connectivity index (χ1v) is 6.50. The predicted molar refractivity (Wildman–Crippen MR) is 69.7 cm³/mol. The minimum atomic E-state index is -0.490. The standard InChI is InChI=1S/C9H15N5O2S/c1-10-9-12-6-7(14(15)16)8(13-9)11-4-3-5-17-2/h6H,3-5H2,1-2H3,(H2,10,11,12,13). The highest BCUT2D eigenvalue weighted by atomic mass is 32.2. The number of anilines is 2. The molecule has 0 aliphatic rings. The van der Waals surface area contributed by atoms with Crippen LogP contribution in [0.1, 0.15) is 6.42 Å². The van der Waals surface area contributed by atoms with E-state index in [9.17, 15) is 10.1 Å². The predicted octanol–water partition coefficient (Wildman–Crippen LogP) is 1.59. The van der Waals surface area contributed by atoms with E-state index < -0.39 is 4.92 Å². The summed E-state index contributed by atoms with van der Waals surface area (Å²) in [6.45, 7) is 0.655. The Balaban J connectivity index is 2.75. The molecule has 0 radical (unpaired) electrons. The maximum absolute atomic E-state index is 10.8. The zero-order chi connectivity index (χ0) is 12.7. The second-order valence-electron chi connectivity index (χ2n) is 3.21. The normalized spacial score (nSPS) is 10.0. The number of thioether (sulfide) groups is 1. The number of hydrogen-bond acceptors (Lipinski definition) is 7. The van der Waals surface area contributed by atoms with Gasteiger partial charge in [0.05, 0.1) is 4.92 Å². The summed E-state index contributed by atoms with van der Waals surface area (Å²) in [5.74, 6) is 1.63. The van der Waals surface area contributed by atoms with Crippen LogP contribution >= 0.6 is 11.8 Å². The molecular weight excluding hydrogens is 242 g/mol. The van der Waals surface area contributed by atoms with E-state index in [-0.39, 0.29) is 11.5 Å². The van der Waals surface area contributed by atoms with E-state index in [0.29, 0.717) is 12.5 Å². The van der Waals surface area contributed by atoms with Crippen molar-refractivity contribution in [3.05, 3.63) is 16.3 Å². The Hall–Kier alpha value is -1.57. The van der Waals surface area contributed by atoms with Gasteiger partial charge in [0.15, 0.2) is 0 Å². The number of nitrogens with one attached hydrogen (secondary N) is 2. The number of hydrogen-bond donors (Lipinski definition) is 2. The lowest BCUT2D eigenvalue weighted by atomic mass is 10.4. The first kappa shape index (κ1) is 13.5. The summed E-state index contributed by atoms with van der Waals surface area (Å²) in [5, 5.41) is 16.5. The molecule has 1 rings (SSSR count). The van der Waals surface area contributed by atoms with Gasteiger partial charge in [0.2, 0.25) is 11.8 Å². The van der Waals surface area contributed by atoms with Gasteiger partial charge in [0.25, 0.3) is 0 Å². The third-order valence-corrected chi connectivity index (χ3v) is 2.70. The molecule has 0 aromatic carbocycles. The molecule has 0 atom stereocenters. The fourth-order valence-electron chi connectivity index (χ4n) is 1.18. The van der Waals surface area contributed by atoms with Crippen molar-refractivity contribution >= 4 is 29.2 Å². The van der Waals surface area contributed by atoms with Crippen LogP contribution < -0.4 is 10.6 Å². The Morgan fingerprint density at radius 1 is 1.59 bits per heavy atom. The molecule has 0 fully saturated rings. The van der Waals surface area contributed by atoms with Crippen LogP contribution in [0.25, 0.3) is 0 Å². The molecule has 1 aromatic heterocycles. The Bertz CT molecular complexity index is 388. The Kier molecular flexibility index (Phi) is 5.47. The smallest absolute Gasteiger partial charge is 0.329 e. The molecule has 0 saturated heterocycles. The van der Waals surface area contributed by atoms with Gasteiger partial charge in [-0.3, -0.25) is 10.1 Å². The van der Waals surface area contributed by atoms with Crippen molar-refractivity contribution in [3.63, 3.8) is 0 Å². The topological polar surface area (TPSA) is 93.0 Å². The summed E-state index contributed by atoms with van der Waals surface area (Å²) >= 11 is 1.74. The van der Waals surface area contributed by atoms with Crippen LogP contribution in [0.2, 0.25) is 0 Å². The molecule has 2 N–H and O–H groups in total. The second kappa shape index (κ2) is 6.89. The van der Waals surface area contributed by atoms with Crippen molar-refractivity contribution < 1.29 is 4.92 Å². The van der Waals surface area contributed by atoms with Crippen LogP contribution in [0.3, 0.4) is 0 Å². The third-order valence-electron chi connectivity index (χ3n) is 2.01. The molecule has 1 heterocycles. The fourth-order valence-corrected chi connectivity index (χ4v) is 1.62. The van der Waals surface area contributed by atoms with Crippen LogP contribution in [0.4, 0.5) is 17.5 Å². The minimum Gasteiger partial charge on any atom is -0.364 e. The lowest BCUT2D eigenvalue weighted by molar-refractivity contribution is -0.384. The highest BCUT2D eigenvalue weighted by Crippen LogP contribution is 2.21. The lowest BCUT2D eigenvalue weighted by Crippen LogP contribution is -2.09. The van der Waals surface area contributed by atoms with Crippen LogP contribution in [0.5, 0.6) is 0 Å². The zero-order valence-corrected chi connectivity index (χ0v) is 10.6. The van der Waals surface area contributed by atoms with Crippen molar-refractivity contribution in [1.82, 2.24) is 9.97 Å². The minimum absolute atomic E-state index is 0.104. The zero-order valence-electron chi connectivity index (χ0n) is 9.77. The maximum Gasteiger partial charge on any atom is 0.329 e. The molecule has 0 amide bonds. The average Bonchev–Trinajstić information content (AvgIpc) is 2.34. The molecule has 0 unspecified atom stereocenters. The van der Waals surface area contributed by atoms with Crippen LogP contribution in [-0.2, 0) is 0 Å². The molecule has 0 saturated carbocycles. The van der Waals surface area contributed by atoms with E-state index in [1.165, 1.54) is 6.20 Å². The third kappa shape index (κ3) is 4.06. The average molecular weight is 257 g/mol. The number of nitro groups is 1. The van der Waals surface area contributed by atoms with Gasteiger partial charge in [-0.1, -0.05) is 0 Å². The highest BCUT2D eigenvalue weighted by Gasteiger charge is 2.16. The van der Waals surface area contributed by atoms with E-state index in [4.69, 9.17) is 0 Å². The fraction of sp³-hybridized carbons (Fsp3) is 0.556. The van der Waals surface area contributed by atoms with Gasteiger partial charge < -0.3 is 10.6 Å². The van der Waals surface area contributed by atoms with Gasteiger partial charge in [0.1, 0.15) is 6.20 Å². The quantitative estimate of drug-likeness (QED) is 0.435.